The SMILES string of the molecule is CC(C)(N)C=C(C#N)C(=O)N1CCCC1Cn1cc(-c2ccc(Oc3ccccc3)cc2F)c2c(N)ncnc21. The third kappa shape index (κ3) is 5.51. The van der Waals surface area contributed by atoms with Gasteiger partial charge in [-0.2, -0.15) is 5.26 Å². The van der Waals surface area contributed by atoms with Crippen LogP contribution in [0.3, 0.4) is 0 Å². The molecule has 9 nitrogen and oxygen atoms in total. The van der Waals surface area contributed by atoms with Gasteiger partial charge in [-0.1, -0.05) is 18.2 Å². The first-order chi connectivity index (χ1) is 19.1. The number of anilines is 1. The van der Waals surface area contributed by atoms with Gasteiger partial charge in [0.05, 0.1) is 11.4 Å². The Bertz CT molecular complexity index is 1630. The molecule has 1 unspecified atom stereocenters. The first kappa shape index (κ1) is 26.8. The lowest BCUT2D eigenvalue weighted by Gasteiger charge is -2.26. The van der Waals surface area contributed by atoms with Crippen LogP contribution in [0.15, 0.2) is 72.7 Å². The van der Waals surface area contributed by atoms with E-state index in [4.69, 9.17) is 16.2 Å². The molecule has 1 amide bonds. The number of halogens is 1. The Kier molecular flexibility index (Phi) is 7.24. The Balaban J connectivity index is 1.48. The lowest BCUT2D eigenvalue weighted by Crippen LogP contribution is -2.40. The van der Waals surface area contributed by atoms with Gasteiger partial charge in [-0.05, 0) is 57.0 Å². The lowest BCUT2D eigenvalue weighted by atomic mass is 10.0. The first-order valence-corrected chi connectivity index (χ1v) is 13.0. The van der Waals surface area contributed by atoms with E-state index >= 15 is 4.39 Å². The van der Waals surface area contributed by atoms with Crippen molar-refractivity contribution in [2.75, 3.05) is 12.3 Å². The van der Waals surface area contributed by atoms with Gasteiger partial charge in [0.1, 0.15) is 46.8 Å². The summed E-state index contributed by atoms with van der Waals surface area (Å²) in [5, 5.41) is 10.1. The Morgan fingerprint density at radius 3 is 2.67 bits per heavy atom. The van der Waals surface area contributed by atoms with Gasteiger partial charge in [0.25, 0.3) is 5.91 Å². The van der Waals surface area contributed by atoms with Gasteiger partial charge < -0.3 is 25.7 Å². The van der Waals surface area contributed by atoms with Crippen molar-refractivity contribution in [3.05, 3.63) is 78.5 Å². The normalized spacial score (nSPS) is 15.8. The van der Waals surface area contributed by atoms with Crippen molar-refractivity contribution in [3.63, 3.8) is 0 Å². The van der Waals surface area contributed by atoms with Crippen molar-refractivity contribution in [2.45, 2.75) is 44.8 Å². The predicted molar refractivity (Wildman–Crippen MR) is 151 cm³/mol. The maximum atomic E-state index is 15.5. The van der Waals surface area contributed by atoms with Crippen LogP contribution in [-0.2, 0) is 11.3 Å². The van der Waals surface area contributed by atoms with E-state index in [1.807, 2.05) is 28.8 Å². The smallest absolute Gasteiger partial charge is 0.264 e. The third-order valence-electron chi connectivity index (χ3n) is 6.81. The third-order valence-corrected chi connectivity index (χ3v) is 6.81. The Morgan fingerprint density at radius 1 is 1.20 bits per heavy atom. The molecule has 1 aliphatic rings. The quantitative estimate of drug-likeness (QED) is 0.255. The Labute approximate surface area is 231 Å². The standard InChI is InChI=1S/C30H30FN7O2/c1-30(2,34)14-19(15-32)29(39)38-12-6-7-20(38)16-37-17-24(26-27(33)35-18-36-28(26)37)23-11-10-22(13-25(23)31)40-21-8-4-3-5-9-21/h3-5,8-11,13-14,17-18,20H,6-7,12,16,34H2,1-2H3,(H2,33,35,36). The van der Waals surface area contributed by atoms with Crippen molar-refractivity contribution >= 4 is 22.8 Å². The second-order valence-corrected chi connectivity index (χ2v) is 10.5. The highest BCUT2D eigenvalue weighted by atomic mass is 19.1. The number of hydrogen-bond acceptors (Lipinski definition) is 7. The summed E-state index contributed by atoms with van der Waals surface area (Å²) in [6.07, 6.45) is 6.18. The minimum absolute atomic E-state index is 0.0175. The van der Waals surface area contributed by atoms with E-state index in [1.165, 1.54) is 18.5 Å². The van der Waals surface area contributed by atoms with Gasteiger partial charge in [-0.3, -0.25) is 4.79 Å². The molecule has 1 saturated heterocycles. The molecule has 3 heterocycles. The fourth-order valence-corrected chi connectivity index (χ4v) is 5.08. The maximum Gasteiger partial charge on any atom is 0.264 e. The summed E-state index contributed by atoms with van der Waals surface area (Å²) >= 11 is 0. The highest BCUT2D eigenvalue weighted by Crippen LogP contribution is 2.36. The number of nitrogens with two attached hydrogens (primary N) is 2. The summed E-state index contributed by atoms with van der Waals surface area (Å²) in [5.41, 5.74) is 12.9. The molecule has 5 rings (SSSR count). The van der Waals surface area contributed by atoms with Crippen LogP contribution < -0.4 is 16.2 Å². The number of nitrogen functional groups attached to an aromatic ring is 1. The van der Waals surface area contributed by atoms with Crippen molar-refractivity contribution in [1.29, 1.82) is 5.26 Å². The van der Waals surface area contributed by atoms with Crippen molar-refractivity contribution in [2.24, 2.45) is 5.73 Å². The van der Waals surface area contributed by atoms with Crippen LogP contribution in [0, 0.1) is 17.1 Å². The van der Waals surface area contributed by atoms with Crippen LogP contribution in [0.1, 0.15) is 26.7 Å². The second kappa shape index (κ2) is 10.8. The highest BCUT2D eigenvalue weighted by Gasteiger charge is 2.32. The van der Waals surface area contributed by atoms with E-state index in [0.29, 0.717) is 46.7 Å². The number of rotatable bonds is 7. The Hall–Kier alpha value is -4.75. The van der Waals surface area contributed by atoms with Crippen LogP contribution in [0.2, 0.25) is 0 Å². The lowest BCUT2D eigenvalue weighted by molar-refractivity contribution is -0.127. The van der Waals surface area contributed by atoms with E-state index in [1.54, 1.807) is 49.2 Å². The summed E-state index contributed by atoms with van der Waals surface area (Å²) in [7, 11) is 0. The molecular formula is C30H30FN7O2. The first-order valence-electron chi connectivity index (χ1n) is 13.0. The van der Waals surface area contributed by atoms with E-state index in [-0.39, 0.29) is 23.3 Å². The highest BCUT2D eigenvalue weighted by molar-refractivity contribution is 6.01. The molecule has 0 radical (unpaired) electrons. The molecule has 204 valence electrons. The predicted octanol–water partition coefficient (Wildman–Crippen LogP) is 4.79. The van der Waals surface area contributed by atoms with E-state index in [0.717, 1.165) is 12.8 Å². The molecule has 1 aliphatic heterocycles. The minimum Gasteiger partial charge on any atom is -0.457 e. The number of fused-ring (bicyclic) bond motifs is 1. The van der Waals surface area contributed by atoms with Crippen molar-refractivity contribution < 1.29 is 13.9 Å². The molecule has 0 aliphatic carbocycles. The molecule has 2 aromatic heterocycles. The number of carbonyl (C=O) groups excluding carboxylic acids is 1. The molecule has 4 N–H and O–H groups in total. The number of nitrogens with zero attached hydrogens (tertiary/aromatic N) is 5. The zero-order valence-electron chi connectivity index (χ0n) is 22.3. The van der Waals surface area contributed by atoms with E-state index in [2.05, 4.69) is 9.97 Å². The molecule has 0 spiro atoms. The van der Waals surface area contributed by atoms with Crippen LogP contribution in [-0.4, -0.2) is 43.5 Å². The Morgan fingerprint density at radius 2 is 1.98 bits per heavy atom. The average Bonchev–Trinajstić information content (AvgIpc) is 3.53. The molecule has 4 aromatic rings. The van der Waals surface area contributed by atoms with Crippen LogP contribution >= 0.6 is 0 Å². The fraction of sp³-hybridized carbons (Fsp3) is 0.267. The van der Waals surface area contributed by atoms with Crippen LogP contribution in [0.5, 0.6) is 11.5 Å². The van der Waals surface area contributed by atoms with Crippen LogP contribution in [0.25, 0.3) is 22.2 Å². The zero-order chi connectivity index (χ0) is 28.4. The van der Waals surface area contributed by atoms with Gasteiger partial charge >= 0.3 is 0 Å². The average molecular weight is 540 g/mol. The zero-order valence-corrected chi connectivity index (χ0v) is 22.3. The fourth-order valence-electron chi connectivity index (χ4n) is 5.08. The second-order valence-electron chi connectivity index (χ2n) is 10.5. The maximum absolute atomic E-state index is 15.5. The molecule has 2 aromatic carbocycles. The molecule has 0 bridgehead atoms. The number of carbonyl (C=O) groups is 1. The number of amides is 1. The number of para-hydroxylation sites is 1. The number of benzene rings is 2. The minimum atomic E-state index is -0.804. The number of likely N-dealkylation sites (tertiary alicyclic amines) is 1. The molecule has 10 heteroatoms. The van der Waals surface area contributed by atoms with Gasteiger partial charge in [0.15, 0.2) is 0 Å². The summed E-state index contributed by atoms with van der Waals surface area (Å²) in [4.78, 5) is 23.6. The largest absolute Gasteiger partial charge is 0.457 e. The van der Waals surface area contributed by atoms with E-state index < -0.39 is 11.4 Å². The number of nitriles is 1. The van der Waals surface area contributed by atoms with E-state index in [9.17, 15) is 10.1 Å². The molecule has 1 fully saturated rings. The topological polar surface area (TPSA) is 136 Å². The van der Waals surface area contributed by atoms with Crippen molar-refractivity contribution in [1.82, 2.24) is 19.4 Å². The summed E-state index contributed by atoms with van der Waals surface area (Å²) in [5.74, 6) is 0.351. The molecule has 1 atom stereocenters. The van der Waals surface area contributed by atoms with Crippen molar-refractivity contribution in [3.8, 4) is 28.7 Å². The number of hydrogen-bond donors (Lipinski definition) is 2. The summed E-state index contributed by atoms with van der Waals surface area (Å²) in [6, 6.07) is 15.6. The van der Waals surface area contributed by atoms with Gasteiger partial charge in [-0.25, -0.2) is 14.4 Å². The van der Waals surface area contributed by atoms with Gasteiger partial charge in [0.2, 0.25) is 0 Å². The molecular weight excluding hydrogens is 509 g/mol. The summed E-state index contributed by atoms with van der Waals surface area (Å²) in [6.45, 7) is 4.38. The summed E-state index contributed by atoms with van der Waals surface area (Å²) < 4.78 is 23.1. The van der Waals surface area contributed by atoms with Gasteiger partial charge in [-0.15, -0.1) is 0 Å². The molecule has 0 saturated carbocycles. The molecule has 40 heavy (non-hydrogen) atoms. The number of ether oxygens (including phenoxy) is 1. The van der Waals surface area contributed by atoms with Gasteiger partial charge in [0, 0.05) is 42.0 Å². The van der Waals surface area contributed by atoms with Crippen LogP contribution in [0.4, 0.5) is 10.2 Å². The monoisotopic (exact) mass is 539 g/mol. The number of aromatic nitrogens is 3.